The lowest BCUT2D eigenvalue weighted by atomic mass is 9.82. The van der Waals surface area contributed by atoms with E-state index in [1.165, 1.54) is 16.7 Å². The maximum atomic E-state index is 6.77. The highest BCUT2D eigenvalue weighted by molar-refractivity contribution is 5.89. The molecule has 7 aromatic carbocycles. The summed E-state index contributed by atoms with van der Waals surface area (Å²) >= 11 is 0. The van der Waals surface area contributed by atoms with Gasteiger partial charge in [-0.3, -0.25) is 0 Å². The zero-order valence-corrected chi connectivity index (χ0v) is 29.4. The van der Waals surface area contributed by atoms with Gasteiger partial charge in [0.05, 0.1) is 11.4 Å². The zero-order chi connectivity index (χ0) is 35.5. The molecule has 0 fully saturated rings. The summed E-state index contributed by atoms with van der Waals surface area (Å²) in [6.45, 7) is 4.55. The van der Waals surface area contributed by atoms with Crippen LogP contribution in [0.2, 0.25) is 0 Å². The molecule has 0 N–H and O–H groups in total. The highest BCUT2D eigenvalue weighted by atomic mass is 16.6. The van der Waals surface area contributed by atoms with Crippen LogP contribution in [0.15, 0.2) is 170 Å². The van der Waals surface area contributed by atoms with Crippen LogP contribution < -0.4 is 9.47 Å². The van der Waals surface area contributed by atoms with Gasteiger partial charge in [-0.2, -0.15) is 0 Å². The van der Waals surface area contributed by atoms with E-state index in [4.69, 9.17) is 19.4 Å². The maximum absolute atomic E-state index is 6.77. The summed E-state index contributed by atoms with van der Waals surface area (Å²) in [5.74, 6) is 3.57. The van der Waals surface area contributed by atoms with E-state index in [1.54, 1.807) is 0 Å². The van der Waals surface area contributed by atoms with Gasteiger partial charge in [-0.15, -0.1) is 0 Å². The molecule has 0 atom stereocenters. The molecule has 2 heterocycles. The molecule has 10 rings (SSSR count). The molecule has 8 aromatic rings. The van der Waals surface area contributed by atoms with Gasteiger partial charge in [0, 0.05) is 33.2 Å². The topological polar surface area (TPSA) is 44.2 Å². The number of benzene rings is 7. The van der Waals surface area contributed by atoms with E-state index in [9.17, 15) is 0 Å². The minimum Gasteiger partial charge on any atom is -0.449 e. The van der Waals surface area contributed by atoms with E-state index < -0.39 is 0 Å². The lowest BCUT2D eigenvalue weighted by molar-refractivity contribution is 0.361. The molecule has 0 unspecified atom stereocenters. The minimum absolute atomic E-state index is 0.126. The summed E-state index contributed by atoms with van der Waals surface area (Å²) in [6, 6.07) is 58.7. The Morgan fingerprint density at radius 1 is 0.396 bits per heavy atom. The van der Waals surface area contributed by atoms with Crippen molar-refractivity contribution in [1.82, 2.24) is 9.97 Å². The Labute approximate surface area is 309 Å². The van der Waals surface area contributed by atoms with Crippen LogP contribution in [0.25, 0.3) is 67.3 Å². The molecule has 1 aliphatic heterocycles. The molecule has 2 aliphatic rings. The molecule has 1 aromatic heterocycles. The molecule has 4 heteroatoms. The SMILES string of the molecule is CC1(C)c2ccccc2-c2c1ccc1c2Oc2cccc(-c3cccc(-c4cc(-c5cccc(-c6ccccc6)c5)nc(-c5ccccc5)n4)c3)c2O1. The van der Waals surface area contributed by atoms with Gasteiger partial charge in [-0.1, -0.05) is 153 Å². The highest BCUT2D eigenvalue weighted by Gasteiger charge is 2.39. The van der Waals surface area contributed by atoms with Crippen molar-refractivity contribution in [2.45, 2.75) is 19.3 Å². The molecule has 1 aliphatic carbocycles. The predicted molar refractivity (Wildman–Crippen MR) is 213 cm³/mol. The van der Waals surface area contributed by atoms with Crippen LogP contribution in [0.1, 0.15) is 25.0 Å². The smallest absolute Gasteiger partial charge is 0.178 e. The number of aromatic nitrogens is 2. The first-order valence-corrected chi connectivity index (χ1v) is 18.0. The monoisotopic (exact) mass is 682 g/mol. The van der Waals surface area contributed by atoms with Crippen molar-refractivity contribution in [1.29, 1.82) is 0 Å². The summed E-state index contributed by atoms with van der Waals surface area (Å²) in [7, 11) is 0. The van der Waals surface area contributed by atoms with Crippen molar-refractivity contribution in [3.63, 3.8) is 0 Å². The largest absolute Gasteiger partial charge is 0.449 e. The predicted octanol–water partition coefficient (Wildman–Crippen LogP) is 13.0. The maximum Gasteiger partial charge on any atom is 0.178 e. The molecule has 0 saturated heterocycles. The normalized spacial score (nSPS) is 13.2. The van der Waals surface area contributed by atoms with E-state index in [0.717, 1.165) is 67.4 Å². The van der Waals surface area contributed by atoms with Gasteiger partial charge in [-0.05, 0) is 63.7 Å². The summed E-state index contributed by atoms with van der Waals surface area (Å²) in [4.78, 5) is 10.2. The zero-order valence-electron chi connectivity index (χ0n) is 29.4. The molecule has 252 valence electrons. The molecule has 0 radical (unpaired) electrons. The lowest BCUT2D eigenvalue weighted by Crippen LogP contribution is -2.15. The summed E-state index contributed by atoms with van der Waals surface area (Å²) in [5, 5.41) is 0. The Morgan fingerprint density at radius 2 is 0.943 bits per heavy atom. The van der Waals surface area contributed by atoms with Crippen molar-refractivity contribution in [2.24, 2.45) is 0 Å². The molecular formula is C49H34N2O2. The molecule has 53 heavy (non-hydrogen) atoms. The average Bonchev–Trinajstić information content (AvgIpc) is 3.46. The number of rotatable bonds is 5. The van der Waals surface area contributed by atoms with Crippen molar-refractivity contribution in [3.05, 3.63) is 181 Å². The quantitative estimate of drug-likeness (QED) is 0.181. The third-order valence-electron chi connectivity index (χ3n) is 10.6. The lowest BCUT2D eigenvalue weighted by Gasteiger charge is -2.26. The Morgan fingerprint density at radius 3 is 1.70 bits per heavy atom. The fourth-order valence-electron chi connectivity index (χ4n) is 7.87. The highest BCUT2D eigenvalue weighted by Crippen LogP contribution is 2.59. The summed E-state index contributed by atoms with van der Waals surface area (Å²) in [5.41, 5.74) is 13.7. The van der Waals surface area contributed by atoms with Crippen molar-refractivity contribution >= 4 is 0 Å². The second-order valence-corrected chi connectivity index (χ2v) is 14.2. The molecular weight excluding hydrogens is 649 g/mol. The van der Waals surface area contributed by atoms with Crippen LogP contribution in [-0.2, 0) is 5.41 Å². The Kier molecular flexibility index (Phi) is 7.12. The molecule has 4 nitrogen and oxygen atoms in total. The third kappa shape index (κ3) is 5.22. The Balaban J connectivity index is 1.06. The van der Waals surface area contributed by atoms with E-state index >= 15 is 0 Å². The third-order valence-corrected chi connectivity index (χ3v) is 10.6. The van der Waals surface area contributed by atoms with Gasteiger partial charge in [0.25, 0.3) is 0 Å². The second kappa shape index (κ2) is 12.2. The molecule has 0 spiro atoms. The number of nitrogens with zero attached hydrogens (tertiary/aromatic N) is 2. The van der Waals surface area contributed by atoms with Crippen LogP contribution in [0, 0.1) is 0 Å². The van der Waals surface area contributed by atoms with Gasteiger partial charge < -0.3 is 9.47 Å². The van der Waals surface area contributed by atoms with Crippen LogP contribution in [0.5, 0.6) is 23.0 Å². The van der Waals surface area contributed by atoms with Gasteiger partial charge in [0.15, 0.2) is 28.8 Å². The summed E-state index contributed by atoms with van der Waals surface area (Å²) < 4.78 is 13.5. The molecule has 0 amide bonds. The van der Waals surface area contributed by atoms with E-state index in [1.807, 2.05) is 36.4 Å². The van der Waals surface area contributed by atoms with Crippen LogP contribution >= 0.6 is 0 Å². The van der Waals surface area contributed by atoms with Gasteiger partial charge in [0.2, 0.25) is 0 Å². The number of fused-ring (bicyclic) bond motifs is 6. The average molecular weight is 683 g/mol. The van der Waals surface area contributed by atoms with Gasteiger partial charge >= 0.3 is 0 Å². The van der Waals surface area contributed by atoms with E-state index in [-0.39, 0.29) is 5.41 Å². The van der Waals surface area contributed by atoms with E-state index in [2.05, 4.69) is 147 Å². The van der Waals surface area contributed by atoms with Crippen molar-refractivity contribution < 1.29 is 9.47 Å². The van der Waals surface area contributed by atoms with Gasteiger partial charge in [-0.25, -0.2) is 9.97 Å². The first-order chi connectivity index (χ1) is 26.0. The number of ether oxygens (including phenoxy) is 2. The second-order valence-electron chi connectivity index (χ2n) is 14.2. The Hall–Kier alpha value is -6.78. The number of hydrogen-bond donors (Lipinski definition) is 0. The van der Waals surface area contributed by atoms with Crippen LogP contribution in [-0.4, -0.2) is 9.97 Å². The standard InChI is InChI=1S/C49H34N2O2/c1-49(2)39-24-10-9-22-38(39)45-40(49)26-27-44-47(45)53-43-25-13-23-37(46(43)52-44)34-19-12-21-36(29-34)42-30-41(50-48(51-42)32-16-7-4-8-17-32)35-20-11-18-33(28-35)31-14-5-3-6-15-31/h3-30H,1-2H3. The van der Waals surface area contributed by atoms with E-state index in [0.29, 0.717) is 17.3 Å². The van der Waals surface area contributed by atoms with Crippen LogP contribution in [0.4, 0.5) is 0 Å². The fourth-order valence-corrected chi connectivity index (χ4v) is 7.87. The summed E-state index contributed by atoms with van der Waals surface area (Å²) in [6.07, 6.45) is 0. The van der Waals surface area contributed by atoms with Crippen LogP contribution in [0.3, 0.4) is 0 Å². The Bertz CT molecular complexity index is 2700. The van der Waals surface area contributed by atoms with Crippen molar-refractivity contribution in [3.8, 4) is 90.3 Å². The number of para-hydroxylation sites is 1. The first-order valence-electron chi connectivity index (χ1n) is 18.0. The molecule has 0 saturated carbocycles. The fraction of sp³-hybridized carbons (Fsp3) is 0.0612. The van der Waals surface area contributed by atoms with Gasteiger partial charge in [0.1, 0.15) is 0 Å². The minimum atomic E-state index is -0.126. The first kappa shape index (κ1) is 31.0. The number of hydrogen-bond acceptors (Lipinski definition) is 4. The molecule has 0 bridgehead atoms. The van der Waals surface area contributed by atoms with Crippen molar-refractivity contribution in [2.75, 3.05) is 0 Å².